The highest BCUT2D eigenvalue weighted by Crippen LogP contribution is 2.46. The van der Waals surface area contributed by atoms with Crippen LogP contribution in [0.1, 0.15) is 139 Å². The van der Waals surface area contributed by atoms with Crippen LogP contribution in [0.4, 0.5) is 19.2 Å². The van der Waals surface area contributed by atoms with Gasteiger partial charge in [0.05, 0.1) is 13.2 Å². The zero-order valence-electron chi connectivity index (χ0n) is 33.8. The number of nitrogens with one attached hydrogen (secondary N) is 2. The second-order valence-corrected chi connectivity index (χ2v) is 16.8. The summed E-state index contributed by atoms with van der Waals surface area (Å²) in [6, 6.07) is 14.6. The Labute approximate surface area is 337 Å². The maximum absolute atomic E-state index is 13.6. The van der Waals surface area contributed by atoms with Crippen molar-refractivity contribution < 1.29 is 49.1 Å². The van der Waals surface area contributed by atoms with Crippen molar-refractivity contribution in [1.82, 2.24) is 20.4 Å². The summed E-state index contributed by atoms with van der Waals surface area (Å²) in [5, 5.41) is 5.15. The minimum absolute atomic E-state index is 0. The summed E-state index contributed by atoms with van der Waals surface area (Å²) in [6.07, 6.45) is 2.70. The van der Waals surface area contributed by atoms with Crippen molar-refractivity contribution in [2.75, 3.05) is 13.2 Å². The molecule has 2 heterocycles. The van der Waals surface area contributed by atoms with Gasteiger partial charge in [-0.3, -0.25) is 14.9 Å². The van der Waals surface area contributed by atoms with Crippen LogP contribution in [0.5, 0.6) is 11.5 Å². The monoisotopic (exact) mass is 795 g/mol. The molecule has 0 bridgehead atoms. The second-order valence-electron chi connectivity index (χ2n) is 16.8. The first-order valence-electron chi connectivity index (χ1n) is 19.5. The lowest BCUT2D eigenvalue weighted by Crippen LogP contribution is -2.55. The Balaban J connectivity index is 0.000000335. The highest BCUT2D eigenvalue weighted by atomic mass is 16.6. The Morgan fingerprint density at radius 2 is 1.12 bits per heavy atom. The van der Waals surface area contributed by atoms with Crippen LogP contribution in [0, 0.1) is 0 Å². The summed E-state index contributed by atoms with van der Waals surface area (Å²) >= 11 is 0. The summed E-state index contributed by atoms with van der Waals surface area (Å²) < 4.78 is 21.7. The van der Waals surface area contributed by atoms with Gasteiger partial charge in [-0.1, -0.05) is 31.7 Å². The molecule has 0 radical (unpaired) electrons. The van der Waals surface area contributed by atoms with Crippen LogP contribution in [0.25, 0.3) is 0 Å². The van der Waals surface area contributed by atoms with E-state index in [-0.39, 0.29) is 39.6 Å². The van der Waals surface area contributed by atoms with Gasteiger partial charge in [-0.05, 0) is 154 Å². The lowest BCUT2D eigenvalue weighted by Gasteiger charge is -2.40. The van der Waals surface area contributed by atoms with Gasteiger partial charge in [-0.25, -0.2) is 24.1 Å². The molecule has 2 saturated heterocycles. The van der Waals surface area contributed by atoms with Crippen LogP contribution in [0.15, 0.2) is 48.5 Å². The van der Waals surface area contributed by atoms with Crippen LogP contribution in [-0.4, -0.2) is 81.4 Å². The average Bonchev–Trinajstić information content (AvgIpc) is 3.51. The summed E-state index contributed by atoms with van der Waals surface area (Å²) in [7, 11) is 0. The Hall–Kier alpha value is -5.14. The third-order valence-electron chi connectivity index (χ3n) is 10.6. The SMILES string of the molecule is C.CCOc1ccc(C2CCC3(CC2)C(=O)N(C(=O)OC(C)(C)C)C(=O)N3C(=O)OC(C)(C)C)cc1.CCOc1ccc(C2CCC3(CC2)NC(=O)NC3=O)cc1.[2HH]. The first kappa shape index (κ1) is 44.6. The number of urea groups is 2. The van der Waals surface area contributed by atoms with Crippen LogP contribution in [0.3, 0.4) is 0 Å². The number of ether oxygens (including phenoxy) is 4. The molecule has 2 aromatic carbocycles. The Kier molecular flexibility index (Phi) is 13.7. The first-order chi connectivity index (χ1) is 26.3. The lowest BCUT2D eigenvalue weighted by atomic mass is 9.73. The van der Waals surface area contributed by atoms with Crippen molar-refractivity contribution in [1.29, 1.82) is 0 Å². The van der Waals surface area contributed by atoms with E-state index in [0.29, 0.717) is 49.7 Å². The van der Waals surface area contributed by atoms with Gasteiger partial charge in [0.25, 0.3) is 11.8 Å². The lowest BCUT2D eigenvalue weighted by molar-refractivity contribution is -0.134. The van der Waals surface area contributed by atoms with Crippen LogP contribution < -0.4 is 20.1 Å². The van der Waals surface area contributed by atoms with E-state index in [9.17, 15) is 28.8 Å². The van der Waals surface area contributed by atoms with Gasteiger partial charge in [0.2, 0.25) is 0 Å². The molecule has 4 aliphatic rings. The fourth-order valence-electron chi connectivity index (χ4n) is 7.90. The number of nitrogens with zero attached hydrogens (tertiary/aromatic N) is 2. The fraction of sp³-hybridized carbons (Fsp3) is 0.581. The van der Waals surface area contributed by atoms with E-state index >= 15 is 0 Å². The maximum Gasteiger partial charge on any atom is 0.425 e. The fourth-order valence-corrected chi connectivity index (χ4v) is 7.90. The number of benzene rings is 2. The minimum atomic E-state index is -1.49. The van der Waals surface area contributed by atoms with Crippen molar-refractivity contribution >= 4 is 36.1 Å². The molecule has 0 atom stereocenters. The maximum atomic E-state index is 13.6. The molecule has 4 fully saturated rings. The molecule has 14 heteroatoms. The molecule has 2 aliphatic carbocycles. The number of hydrogen-bond acceptors (Lipinski definition) is 10. The van der Waals surface area contributed by atoms with Gasteiger partial charge in [0.15, 0.2) is 0 Å². The van der Waals surface area contributed by atoms with Gasteiger partial charge >= 0.3 is 24.2 Å². The number of rotatable bonds is 6. The molecule has 8 amide bonds. The summed E-state index contributed by atoms with van der Waals surface area (Å²) in [5.41, 5.74) is -1.60. The summed E-state index contributed by atoms with van der Waals surface area (Å²) in [6.45, 7) is 15.1. The first-order valence-corrected chi connectivity index (χ1v) is 19.5. The Bertz CT molecular complexity index is 1790. The second kappa shape index (κ2) is 17.6. The van der Waals surface area contributed by atoms with Gasteiger partial charge < -0.3 is 24.3 Å². The molecule has 0 aromatic heterocycles. The summed E-state index contributed by atoms with van der Waals surface area (Å²) in [4.78, 5) is 77.4. The largest absolute Gasteiger partial charge is 0.494 e. The molecule has 6 rings (SSSR count). The molecule has 314 valence electrons. The summed E-state index contributed by atoms with van der Waals surface area (Å²) in [5.74, 6) is 1.33. The zero-order chi connectivity index (χ0) is 41.1. The van der Waals surface area contributed by atoms with Crippen molar-refractivity contribution in [2.45, 2.75) is 148 Å². The molecule has 2 spiro atoms. The highest BCUT2D eigenvalue weighted by molar-refractivity contribution is 6.20. The number of amides is 8. The Morgan fingerprint density at radius 1 is 0.702 bits per heavy atom. The van der Waals surface area contributed by atoms with E-state index in [1.54, 1.807) is 41.5 Å². The standard InChI is InChI=1S/C26H36N2O7.C16H20N2O3.CH4.H2/c1-8-33-19-11-9-17(10-12-19)18-13-15-26(16-14-18)20(29)27(22(31)34-24(2,3)4)21(30)28(26)23(32)35-25(5,6)7;1-2-21-13-5-3-11(4-6-13)12-7-9-16(10-8-12)14(19)17-15(20)18-16;;/h9-12,18H,8,13-16H2,1-7H3;3-6,12H,2,7-10H2,1H3,(H2,17,18,19,20);1H4;1H/i;;;1+1. The topological polar surface area (TPSA) is 170 Å². The third-order valence-corrected chi connectivity index (χ3v) is 10.6. The van der Waals surface area contributed by atoms with E-state index < -0.39 is 46.4 Å². The molecular weight excluding hydrogens is 732 g/mol. The van der Waals surface area contributed by atoms with E-state index in [4.69, 9.17) is 18.9 Å². The van der Waals surface area contributed by atoms with Gasteiger partial charge in [0, 0.05) is 1.43 Å². The number of imide groups is 5. The van der Waals surface area contributed by atoms with Gasteiger partial charge in [-0.2, -0.15) is 4.90 Å². The van der Waals surface area contributed by atoms with Crippen molar-refractivity contribution in [3.8, 4) is 11.5 Å². The molecular formula is C43H62N4O10. The average molecular weight is 796 g/mol. The Morgan fingerprint density at radius 3 is 1.51 bits per heavy atom. The van der Waals surface area contributed by atoms with Crippen LogP contribution in [0.2, 0.25) is 0 Å². The number of hydrogen-bond donors (Lipinski definition) is 2. The zero-order valence-corrected chi connectivity index (χ0v) is 33.8. The van der Waals surface area contributed by atoms with E-state index in [1.165, 1.54) is 5.56 Å². The molecule has 57 heavy (non-hydrogen) atoms. The van der Waals surface area contributed by atoms with E-state index in [0.717, 1.165) is 34.8 Å². The predicted molar refractivity (Wildman–Crippen MR) is 215 cm³/mol. The van der Waals surface area contributed by atoms with Gasteiger partial charge in [0.1, 0.15) is 33.8 Å². The van der Waals surface area contributed by atoms with Crippen molar-refractivity contribution in [3.05, 3.63) is 59.7 Å². The van der Waals surface area contributed by atoms with E-state index in [1.807, 2.05) is 50.2 Å². The molecule has 2 saturated carbocycles. The van der Waals surface area contributed by atoms with E-state index in [2.05, 4.69) is 22.8 Å². The molecule has 14 nitrogen and oxygen atoms in total. The predicted octanol–water partition coefficient (Wildman–Crippen LogP) is 8.82. The minimum Gasteiger partial charge on any atom is -0.494 e. The number of carbonyl (C=O) groups excluding carboxylic acids is 6. The quantitative estimate of drug-likeness (QED) is 0.269. The molecule has 2 N–H and O–H groups in total. The number of carbonyl (C=O) groups is 6. The normalized spacial score (nSPS) is 24.6. The molecule has 2 aliphatic heterocycles. The van der Waals surface area contributed by atoms with Gasteiger partial charge in [-0.15, -0.1) is 0 Å². The van der Waals surface area contributed by atoms with Crippen LogP contribution in [-0.2, 0) is 19.1 Å². The van der Waals surface area contributed by atoms with Crippen LogP contribution >= 0.6 is 0 Å². The third kappa shape index (κ3) is 10.1. The molecule has 0 unspecified atom stereocenters. The van der Waals surface area contributed by atoms with Crippen molar-refractivity contribution in [3.63, 3.8) is 0 Å². The highest BCUT2D eigenvalue weighted by Gasteiger charge is 2.64. The van der Waals surface area contributed by atoms with Crippen molar-refractivity contribution in [2.24, 2.45) is 0 Å². The smallest absolute Gasteiger partial charge is 0.425 e. The molecule has 2 aromatic rings.